The summed E-state index contributed by atoms with van der Waals surface area (Å²) in [6.07, 6.45) is 5.19. The summed E-state index contributed by atoms with van der Waals surface area (Å²) < 4.78 is 0. The third kappa shape index (κ3) is 4.90. The SMILES string of the molecule is CC(=O)Nc1cccc(Nc2ncc(C3CC3)c(NCCCN)n2)c1. The van der Waals surface area contributed by atoms with E-state index in [4.69, 9.17) is 5.73 Å². The van der Waals surface area contributed by atoms with Crippen molar-refractivity contribution in [3.8, 4) is 0 Å². The first kappa shape index (κ1) is 17.2. The molecule has 132 valence electrons. The van der Waals surface area contributed by atoms with Gasteiger partial charge in [0.05, 0.1) is 0 Å². The first-order valence-electron chi connectivity index (χ1n) is 8.61. The Hall–Kier alpha value is -2.67. The highest BCUT2D eigenvalue weighted by atomic mass is 16.1. The van der Waals surface area contributed by atoms with E-state index in [1.165, 1.54) is 25.3 Å². The van der Waals surface area contributed by atoms with Gasteiger partial charge in [-0.1, -0.05) is 6.07 Å². The van der Waals surface area contributed by atoms with Crippen LogP contribution in [0.25, 0.3) is 0 Å². The number of anilines is 4. The lowest BCUT2D eigenvalue weighted by molar-refractivity contribution is -0.114. The van der Waals surface area contributed by atoms with E-state index < -0.39 is 0 Å². The monoisotopic (exact) mass is 340 g/mol. The molecule has 0 spiro atoms. The van der Waals surface area contributed by atoms with E-state index in [1.807, 2.05) is 30.5 Å². The number of amides is 1. The summed E-state index contributed by atoms with van der Waals surface area (Å²) in [6.45, 7) is 2.93. The van der Waals surface area contributed by atoms with Crippen molar-refractivity contribution in [2.45, 2.75) is 32.1 Å². The number of benzene rings is 1. The average molecular weight is 340 g/mol. The third-order valence-corrected chi connectivity index (χ3v) is 3.95. The predicted octanol–water partition coefficient (Wildman–Crippen LogP) is 2.82. The summed E-state index contributed by atoms with van der Waals surface area (Å²) in [5.41, 5.74) is 8.29. The van der Waals surface area contributed by atoms with Crippen LogP contribution in [0, 0.1) is 0 Å². The fraction of sp³-hybridized carbons (Fsp3) is 0.389. The summed E-state index contributed by atoms with van der Waals surface area (Å²) in [4.78, 5) is 20.3. The first-order valence-corrected chi connectivity index (χ1v) is 8.61. The molecule has 1 heterocycles. The van der Waals surface area contributed by atoms with Gasteiger partial charge < -0.3 is 21.7 Å². The number of nitrogens with one attached hydrogen (secondary N) is 3. The van der Waals surface area contributed by atoms with Gasteiger partial charge in [-0.2, -0.15) is 4.98 Å². The minimum Gasteiger partial charge on any atom is -0.370 e. The van der Waals surface area contributed by atoms with Crippen LogP contribution in [0.3, 0.4) is 0 Å². The minimum atomic E-state index is -0.103. The molecule has 0 bridgehead atoms. The summed E-state index contributed by atoms with van der Waals surface area (Å²) in [6, 6.07) is 7.46. The van der Waals surface area contributed by atoms with Crippen LogP contribution in [0.15, 0.2) is 30.5 Å². The standard InChI is InChI=1S/C18H24N6O/c1-12(25)22-14-4-2-5-15(10-14)23-18-21-11-16(13-6-7-13)17(24-18)20-9-3-8-19/h2,4-5,10-11,13H,3,6-9,19H2,1H3,(H,22,25)(H2,20,21,23,24). The molecule has 0 radical (unpaired) electrons. The second kappa shape index (κ2) is 7.94. The fourth-order valence-electron chi connectivity index (χ4n) is 2.60. The lowest BCUT2D eigenvalue weighted by atomic mass is 10.2. The van der Waals surface area contributed by atoms with Crippen LogP contribution in [-0.4, -0.2) is 29.0 Å². The molecule has 1 aliphatic carbocycles. The van der Waals surface area contributed by atoms with Crippen LogP contribution in [0.5, 0.6) is 0 Å². The van der Waals surface area contributed by atoms with Crippen LogP contribution in [0.4, 0.5) is 23.1 Å². The molecule has 7 heteroatoms. The normalized spacial score (nSPS) is 13.4. The number of carbonyl (C=O) groups excluding carboxylic acids is 1. The van der Waals surface area contributed by atoms with Crippen LogP contribution < -0.4 is 21.7 Å². The Kier molecular flexibility index (Phi) is 5.45. The second-order valence-electron chi connectivity index (χ2n) is 6.23. The van der Waals surface area contributed by atoms with Crippen molar-refractivity contribution in [1.82, 2.24) is 9.97 Å². The maximum absolute atomic E-state index is 11.2. The molecular formula is C18H24N6O. The van der Waals surface area contributed by atoms with Gasteiger partial charge in [0.1, 0.15) is 5.82 Å². The second-order valence-corrected chi connectivity index (χ2v) is 6.23. The zero-order chi connectivity index (χ0) is 17.6. The molecule has 0 aliphatic heterocycles. The predicted molar refractivity (Wildman–Crippen MR) is 100 cm³/mol. The molecule has 7 nitrogen and oxygen atoms in total. The van der Waals surface area contributed by atoms with Gasteiger partial charge in [-0.3, -0.25) is 4.79 Å². The number of aromatic nitrogens is 2. The smallest absolute Gasteiger partial charge is 0.229 e. The Morgan fingerprint density at radius 3 is 2.84 bits per heavy atom. The van der Waals surface area contributed by atoms with E-state index in [9.17, 15) is 4.79 Å². The Bertz CT molecular complexity index is 744. The van der Waals surface area contributed by atoms with Crippen LogP contribution in [0.1, 0.15) is 37.7 Å². The zero-order valence-electron chi connectivity index (χ0n) is 14.4. The van der Waals surface area contributed by atoms with Crippen LogP contribution in [-0.2, 0) is 4.79 Å². The Labute approximate surface area is 147 Å². The van der Waals surface area contributed by atoms with Crippen molar-refractivity contribution in [3.05, 3.63) is 36.0 Å². The van der Waals surface area contributed by atoms with Crippen LogP contribution in [0.2, 0.25) is 0 Å². The van der Waals surface area contributed by atoms with E-state index in [1.54, 1.807) is 0 Å². The van der Waals surface area contributed by atoms with Gasteiger partial charge in [0.25, 0.3) is 0 Å². The molecule has 0 unspecified atom stereocenters. The highest BCUT2D eigenvalue weighted by Gasteiger charge is 2.27. The van der Waals surface area contributed by atoms with Gasteiger partial charge in [0, 0.05) is 36.6 Å². The van der Waals surface area contributed by atoms with Crippen molar-refractivity contribution in [2.24, 2.45) is 5.73 Å². The molecule has 1 amide bonds. The van der Waals surface area contributed by atoms with E-state index >= 15 is 0 Å². The zero-order valence-corrected chi connectivity index (χ0v) is 14.4. The van der Waals surface area contributed by atoms with Gasteiger partial charge >= 0.3 is 0 Å². The summed E-state index contributed by atoms with van der Waals surface area (Å²) in [5.74, 6) is 1.87. The number of nitrogens with zero attached hydrogens (tertiary/aromatic N) is 2. The van der Waals surface area contributed by atoms with Crippen molar-refractivity contribution in [1.29, 1.82) is 0 Å². The number of hydrogen-bond donors (Lipinski definition) is 4. The molecule has 0 atom stereocenters. The van der Waals surface area contributed by atoms with Gasteiger partial charge in [-0.05, 0) is 49.9 Å². The Morgan fingerprint density at radius 2 is 2.12 bits per heavy atom. The molecule has 1 aromatic carbocycles. The number of rotatable bonds is 8. The fourth-order valence-corrected chi connectivity index (χ4v) is 2.60. The highest BCUT2D eigenvalue weighted by molar-refractivity contribution is 5.89. The molecule has 3 rings (SSSR count). The third-order valence-electron chi connectivity index (χ3n) is 3.95. The quantitative estimate of drug-likeness (QED) is 0.551. The van der Waals surface area contributed by atoms with Gasteiger partial charge in [0.2, 0.25) is 11.9 Å². The van der Waals surface area contributed by atoms with E-state index in [0.717, 1.165) is 30.2 Å². The summed E-state index contributed by atoms with van der Waals surface area (Å²) >= 11 is 0. The van der Waals surface area contributed by atoms with Gasteiger partial charge in [-0.25, -0.2) is 4.98 Å². The lowest BCUT2D eigenvalue weighted by Crippen LogP contribution is -2.12. The van der Waals surface area contributed by atoms with E-state index in [0.29, 0.717) is 18.4 Å². The average Bonchev–Trinajstić information content (AvgIpc) is 3.40. The number of hydrogen-bond acceptors (Lipinski definition) is 6. The molecule has 25 heavy (non-hydrogen) atoms. The molecule has 0 saturated heterocycles. The van der Waals surface area contributed by atoms with Gasteiger partial charge in [-0.15, -0.1) is 0 Å². The first-order chi connectivity index (χ1) is 12.2. The van der Waals surface area contributed by atoms with E-state index in [2.05, 4.69) is 25.9 Å². The maximum atomic E-state index is 11.2. The maximum Gasteiger partial charge on any atom is 0.229 e. The molecule has 2 aromatic rings. The Morgan fingerprint density at radius 1 is 1.32 bits per heavy atom. The molecule has 1 aromatic heterocycles. The molecule has 1 saturated carbocycles. The Balaban J connectivity index is 1.75. The number of carbonyl (C=O) groups is 1. The number of nitrogens with two attached hydrogens (primary N) is 1. The molecule has 1 aliphatic rings. The van der Waals surface area contributed by atoms with Gasteiger partial charge in [0.15, 0.2) is 0 Å². The summed E-state index contributed by atoms with van der Waals surface area (Å²) in [5, 5.41) is 9.33. The molecular weight excluding hydrogens is 316 g/mol. The highest BCUT2D eigenvalue weighted by Crippen LogP contribution is 2.42. The molecule has 5 N–H and O–H groups in total. The largest absolute Gasteiger partial charge is 0.370 e. The summed E-state index contributed by atoms with van der Waals surface area (Å²) in [7, 11) is 0. The van der Waals surface area contributed by atoms with Crippen molar-refractivity contribution in [2.75, 3.05) is 29.0 Å². The molecule has 1 fully saturated rings. The van der Waals surface area contributed by atoms with Crippen molar-refractivity contribution >= 4 is 29.0 Å². The van der Waals surface area contributed by atoms with Crippen LogP contribution >= 0.6 is 0 Å². The topological polar surface area (TPSA) is 105 Å². The minimum absolute atomic E-state index is 0.103. The lowest BCUT2D eigenvalue weighted by Gasteiger charge is -2.13. The van der Waals surface area contributed by atoms with E-state index in [-0.39, 0.29) is 5.91 Å². The van der Waals surface area contributed by atoms with Crippen molar-refractivity contribution < 1.29 is 4.79 Å². The van der Waals surface area contributed by atoms with Crippen molar-refractivity contribution in [3.63, 3.8) is 0 Å².